The van der Waals surface area contributed by atoms with Gasteiger partial charge in [-0.15, -0.1) is 0 Å². The number of hydrogen-bond acceptors (Lipinski definition) is 4. The molecule has 7 heteroatoms. The number of nitrogens with zero attached hydrogens (tertiary/aromatic N) is 2. The van der Waals surface area contributed by atoms with Crippen molar-refractivity contribution in [3.63, 3.8) is 0 Å². The minimum atomic E-state index is -0.908. The third kappa shape index (κ3) is 2.56. The Morgan fingerprint density at radius 1 is 1.00 bits per heavy atom. The first-order chi connectivity index (χ1) is 8.49. The molecule has 3 N–H and O–H groups in total. The molecule has 0 spiro atoms. The predicted octanol–water partition coefficient (Wildman–Crippen LogP) is -1.06. The third-order valence-electron chi connectivity index (χ3n) is 3.57. The minimum Gasteiger partial charge on any atom is -0.481 e. The van der Waals surface area contributed by atoms with Crippen molar-refractivity contribution in [1.29, 1.82) is 0 Å². The van der Waals surface area contributed by atoms with E-state index < -0.39 is 24.1 Å². The minimum absolute atomic E-state index is 0.105. The molecule has 0 aromatic rings. The van der Waals surface area contributed by atoms with Gasteiger partial charge in [-0.2, -0.15) is 0 Å². The molecule has 2 amide bonds. The predicted molar refractivity (Wildman–Crippen MR) is 60.9 cm³/mol. The summed E-state index contributed by atoms with van der Waals surface area (Å²) >= 11 is 0. The van der Waals surface area contributed by atoms with Crippen LogP contribution in [-0.4, -0.2) is 75.5 Å². The number of rotatable bonds is 1. The highest BCUT2D eigenvalue weighted by Crippen LogP contribution is 2.20. The zero-order valence-corrected chi connectivity index (χ0v) is 10.0. The largest absolute Gasteiger partial charge is 0.481 e. The Kier molecular flexibility index (Phi) is 3.72. The molecular formula is C11H18N2O5. The number of hydrogen-bond donors (Lipinski definition) is 3. The fourth-order valence-corrected chi connectivity index (χ4v) is 2.48. The number of aliphatic hydroxyl groups excluding tert-OH is 2. The number of β-amino-alcohol motifs (C(OH)–C–C–N with tert-alkyl or cyclic N) is 2. The van der Waals surface area contributed by atoms with Gasteiger partial charge in [0.15, 0.2) is 0 Å². The lowest BCUT2D eigenvalue weighted by Gasteiger charge is -2.33. The summed E-state index contributed by atoms with van der Waals surface area (Å²) in [5.74, 6) is -1.39. The van der Waals surface area contributed by atoms with Crippen molar-refractivity contribution in [2.75, 3.05) is 26.2 Å². The van der Waals surface area contributed by atoms with Crippen molar-refractivity contribution < 1.29 is 24.9 Å². The molecule has 2 aliphatic rings. The molecule has 102 valence electrons. The van der Waals surface area contributed by atoms with Crippen molar-refractivity contribution in [3.8, 4) is 0 Å². The molecule has 7 nitrogen and oxygen atoms in total. The average molecular weight is 258 g/mol. The number of carboxylic acids is 1. The van der Waals surface area contributed by atoms with E-state index in [2.05, 4.69) is 0 Å². The molecule has 0 aromatic heterocycles. The summed E-state index contributed by atoms with van der Waals surface area (Å²) in [5, 5.41) is 27.8. The number of urea groups is 1. The summed E-state index contributed by atoms with van der Waals surface area (Å²) < 4.78 is 0. The monoisotopic (exact) mass is 258 g/mol. The molecule has 18 heavy (non-hydrogen) atoms. The van der Waals surface area contributed by atoms with Crippen LogP contribution in [0.4, 0.5) is 4.79 Å². The van der Waals surface area contributed by atoms with E-state index in [0.29, 0.717) is 19.4 Å². The second-order valence-electron chi connectivity index (χ2n) is 4.95. The number of carboxylic acid groups (broad SMARTS) is 1. The van der Waals surface area contributed by atoms with Crippen LogP contribution in [0.2, 0.25) is 0 Å². The number of aliphatic carboxylic acids is 1. The van der Waals surface area contributed by atoms with E-state index in [1.807, 2.05) is 0 Å². The van der Waals surface area contributed by atoms with Gasteiger partial charge in [-0.1, -0.05) is 0 Å². The third-order valence-corrected chi connectivity index (χ3v) is 3.57. The van der Waals surface area contributed by atoms with Crippen molar-refractivity contribution >= 4 is 12.0 Å². The fraction of sp³-hybridized carbons (Fsp3) is 0.818. The standard InChI is InChI=1S/C11H18N2O5/c14-8-5-13(6-9(8)15)11(18)12-3-1-2-7(4-12)10(16)17/h7-9,14-15H,1-6H2,(H,16,17). The highest BCUT2D eigenvalue weighted by atomic mass is 16.4. The van der Waals surface area contributed by atoms with Crippen LogP contribution >= 0.6 is 0 Å². The van der Waals surface area contributed by atoms with E-state index in [-0.39, 0.29) is 25.7 Å². The zero-order valence-electron chi connectivity index (χ0n) is 10.0. The van der Waals surface area contributed by atoms with Crippen LogP contribution in [-0.2, 0) is 4.79 Å². The van der Waals surface area contributed by atoms with E-state index in [0.717, 1.165) is 0 Å². The van der Waals surface area contributed by atoms with E-state index in [4.69, 9.17) is 5.11 Å². The molecular weight excluding hydrogens is 240 g/mol. The van der Waals surface area contributed by atoms with Gasteiger partial charge in [0.05, 0.1) is 31.2 Å². The van der Waals surface area contributed by atoms with Gasteiger partial charge in [0, 0.05) is 13.1 Å². The van der Waals surface area contributed by atoms with Crippen LogP contribution in [0.15, 0.2) is 0 Å². The van der Waals surface area contributed by atoms with Gasteiger partial charge in [-0.3, -0.25) is 4.79 Å². The van der Waals surface area contributed by atoms with Gasteiger partial charge >= 0.3 is 12.0 Å². The maximum atomic E-state index is 12.1. The first-order valence-corrected chi connectivity index (χ1v) is 6.12. The molecule has 3 atom stereocenters. The summed E-state index contributed by atoms with van der Waals surface area (Å²) in [5.41, 5.74) is 0. The van der Waals surface area contributed by atoms with Crippen LogP contribution in [0.25, 0.3) is 0 Å². The Morgan fingerprint density at radius 3 is 2.17 bits per heavy atom. The Morgan fingerprint density at radius 2 is 1.61 bits per heavy atom. The Labute approximate surface area is 105 Å². The smallest absolute Gasteiger partial charge is 0.320 e. The summed E-state index contributed by atoms with van der Waals surface area (Å²) in [6.45, 7) is 0.949. The molecule has 3 unspecified atom stereocenters. The van der Waals surface area contributed by atoms with E-state index >= 15 is 0 Å². The second-order valence-corrected chi connectivity index (χ2v) is 4.95. The summed E-state index contributed by atoms with van der Waals surface area (Å²) in [6.07, 6.45) is -0.561. The molecule has 0 radical (unpaired) electrons. The van der Waals surface area contributed by atoms with Gasteiger partial charge < -0.3 is 25.1 Å². The van der Waals surface area contributed by atoms with E-state index in [1.165, 1.54) is 9.80 Å². The number of aliphatic hydroxyl groups is 2. The molecule has 2 fully saturated rings. The summed E-state index contributed by atoms with van der Waals surface area (Å²) in [4.78, 5) is 25.9. The molecule has 0 bridgehead atoms. The number of piperidine rings is 1. The Bertz CT molecular complexity index is 338. The van der Waals surface area contributed by atoms with Gasteiger partial charge in [-0.05, 0) is 12.8 Å². The molecule has 0 aromatic carbocycles. The molecule has 2 heterocycles. The molecule has 2 rings (SSSR count). The van der Waals surface area contributed by atoms with Gasteiger partial charge in [0.1, 0.15) is 0 Å². The van der Waals surface area contributed by atoms with Crippen molar-refractivity contribution in [1.82, 2.24) is 9.80 Å². The maximum Gasteiger partial charge on any atom is 0.320 e. The van der Waals surface area contributed by atoms with Crippen LogP contribution in [0.1, 0.15) is 12.8 Å². The lowest BCUT2D eigenvalue weighted by Crippen LogP contribution is -2.48. The lowest BCUT2D eigenvalue weighted by molar-refractivity contribution is -0.143. The van der Waals surface area contributed by atoms with Crippen LogP contribution in [0.3, 0.4) is 0 Å². The highest BCUT2D eigenvalue weighted by Gasteiger charge is 2.36. The van der Waals surface area contributed by atoms with Crippen molar-refractivity contribution in [2.45, 2.75) is 25.0 Å². The Hall–Kier alpha value is -1.34. The average Bonchev–Trinajstić information content (AvgIpc) is 2.69. The summed E-state index contributed by atoms with van der Waals surface area (Å²) in [6, 6.07) is -0.295. The Balaban J connectivity index is 1.95. The first-order valence-electron chi connectivity index (χ1n) is 6.12. The van der Waals surface area contributed by atoms with Crippen LogP contribution in [0, 0.1) is 5.92 Å². The molecule has 2 aliphatic heterocycles. The molecule has 0 aliphatic carbocycles. The van der Waals surface area contributed by atoms with Crippen molar-refractivity contribution in [3.05, 3.63) is 0 Å². The number of amides is 2. The highest BCUT2D eigenvalue weighted by molar-refractivity contribution is 5.77. The summed E-state index contributed by atoms with van der Waals surface area (Å²) in [7, 11) is 0. The second kappa shape index (κ2) is 5.11. The van der Waals surface area contributed by atoms with Crippen LogP contribution in [0.5, 0.6) is 0 Å². The topological polar surface area (TPSA) is 101 Å². The zero-order chi connectivity index (χ0) is 13.3. The van der Waals surface area contributed by atoms with Crippen LogP contribution < -0.4 is 0 Å². The lowest BCUT2D eigenvalue weighted by atomic mass is 9.99. The fourth-order valence-electron chi connectivity index (χ4n) is 2.48. The van der Waals surface area contributed by atoms with Gasteiger partial charge in [0.25, 0.3) is 0 Å². The number of carbonyl (C=O) groups is 2. The van der Waals surface area contributed by atoms with Gasteiger partial charge in [-0.25, -0.2) is 4.79 Å². The quantitative estimate of drug-likeness (QED) is 0.556. The first kappa shape index (κ1) is 13.1. The normalized spacial score (nSPS) is 32.7. The maximum absolute atomic E-state index is 12.1. The van der Waals surface area contributed by atoms with Gasteiger partial charge in [0.2, 0.25) is 0 Å². The SMILES string of the molecule is O=C(O)C1CCCN(C(=O)N2CC(O)C(O)C2)C1. The van der Waals surface area contributed by atoms with E-state index in [9.17, 15) is 19.8 Å². The van der Waals surface area contributed by atoms with Crippen molar-refractivity contribution in [2.24, 2.45) is 5.92 Å². The number of likely N-dealkylation sites (tertiary alicyclic amines) is 2. The number of carbonyl (C=O) groups excluding carboxylic acids is 1. The molecule has 0 saturated carbocycles. The molecule has 2 saturated heterocycles. The van der Waals surface area contributed by atoms with E-state index in [1.54, 1.807) is 0 Å².